The number of rotatable bonds is 6. The van der Waals surface area contributed by atoms with E-state index in [1.54, 1.807) is 0 Å². The Bertz CT molecular complexity index is 637. The van der Waals surface area contributed by atoms with Crippen LogP contribution in [0, 0.1) is 13.8 Å². The Morgan fingerprint density at radius 2 is 1.77 bits per heavy atom. The van der Waals surface area contributed by atoms with Crippen LogP contribution >= 0.6 is 0 Å². The van der Waals surface area contributed by atoms with E-state index in [4.69, 9.17) is 4.74 Å². The van der Waals surface area contributed by atoms with Crippen molar-refractivity contribution in [1.29, 1.82) is 0 Å². The first-order valence-corrected chi connectivity index (χ1v) is 7.65. The molecular formula is C19H23NO2. The van der Waals surface area contributed by atoms with Gasteiger partial charge in [0.2, 0.25) is 0 Å². The van der Waals surface area contributed by atoms with Crippen LogP contribution in [0.25, 0.3) is 0 Å². The van der Waals surface area contributed by atoms with Crippen molar-refractivity contribution in [2.75, 3.05) is 0 Å². The van der Waals surface area contributed by atoms with Crippen molar-refractivity contribution in [3.8, 4) is 5.75 Å². The Hall–Kier alpha value is -2.29. The maximum Gasteiger partial charge on any atom is 0.261 e. The Balaban J connectivity index is 1.94. The number of amides is 1. The Labute approximate surface area is 132 Å². The summed E-state index contributed by atoms with van der Waals surface area (Å²) in [4.78, 5) is 12.3. The Kier molecular flexibility index (Phi) is 5.59. The molecule has 2 rings (SSSR count). The largest absolute Gasteiger partial charge is 0.481 e. The van der Waals surface area contributed by atoms with Gasteiger partial charge in [0.1, 0.15) is 5.75 Å². The third kappa shape index (κ3) is 4.62. The van der Waals surface area contributed by atoms with E-state index in [1.807, 2.05) is 63.2 Å². The topological polar surface area (TPSA) is 38.3 Å². The zero-order chi connectivity index (χ0) is 15.9. The van der Waals surface area contributed by atoms with Gasteiger partial charge in [0.05, 0.1) is 0 Å². The zero-order valence-corrected chi connectivity index (χ0v) is 13.4. The molecule has 3 nitrogen and oxygen atoms in total. The molecule has 0 heterocycles. The highest BCUT2D eigenvalue weighted by Gasteiger charge is 2.18. The molecule has 3 heteroatoms. The minimum absolute atomic E-state index is 0.0782. The van der Waals surface area contributed by atoms with Gasteiger partial charge in [0.15, 0.2) is 6.10 Å². The van der Waals surface area contributed by atoms with Gasteiger partial charge < -0.3 is 10.1 Å². The van der Waals surface area contributed by atoms with Crippen LogP contribution in [-0.4, -0.2) is 12.0 Å². The van der Waals surface area contributed by atoms with Crippen molar-refractivity contribution >= 4 is 5.91 Å². The van der Waals surface area contributed by atoms with Gasteiger partial charge in [-0.3, -0.25) is 4.79 Å². The molecule has 116 valence electrons. The molecule has 22 heavy (non-hydrogen) atoms. The second-order valence-corrected chi connectivity index (χ2v) is 5.54. The van der Waals surface area contributed by atoms with Crippen LogP contribution in [0.1, 0.15) is 30.0 Å². The van der Waals surface area contributed by atoms with Crippen molar-refractivity contribution < 1.29 is 9.53 Å². The van der Waals surface area contributed by atoms with E-state index >= 15 is 0 Å². The first-order valence-electron chi connectivity index (χ1n) is 7.65. The zero-order valence-electron chi connectivity index (χ0n) is 13.4. The molecule has 1 N–H and O–H groups in total. The van der Waals surface area contributed by atoms with Gasteiger partial charge in [-0.05, 0) is 43.5 Å². The van der Waals surface area contributed by atoms with Crippen LogP contribution in [0.2, 0.25) is 0 Å². The molecule has 0 saturated heterocycles. The fourth-order valence-electron chi connectivity index (χ4n) is 2.30. The molecule has 0 bridgehead atoms. The molecule has 0 aliphatic carbocycles. The molecule has 0 fully saturated rings. The lowest BCUT2D eigenvalue weighted by molar-refractivity contribution is -0.128. The molecule has 1 amide bonds. The lowest BCUT2D eigenvalue weighted by Crippen LogP contribution is -2.37. The molecule has 0 unspecified atom stereocenters. The fraction of sp³-hybridized carbons (Fsp3) is 0.316. The van der Waals surface area contributed by atoms with Crippen molar-refractivity contribution in [1.82, 2.24) is 5.32 Å². The van der Waals surface area contributed by atoms with Gasteiger partial charge in [-0.2, -0.15) is 0 Å². The van der Waals surface area contributed by atoms with E-state index < -0.39 is 6.10 Å². The minimum atomic E-state index is -0.466. The smallest absolute Gasteiger partial charge is 0.261 e. The number of nitrogens with one attached hydrogen (secondary N) is 1. The van der Waals surface area contributed by atoms with Gasteiger partial charge >= 0.3 is 0 Å². The summed E-state index contributed by atoms with van der Waals surface area (Å²) in [5.74, 6) is 0.656. The molecule has 0 spiro atoms. The van der Waals surface area contributed by atoms with Crippen LogP contribution in [0.4, 0.5) is 0 Å². The summed E-state index contributed by atoms with van der Waals surface area (Å²) < 4.78 is 5.81. The maximum atomic E-state index is 12.3. The number of ether oxygens (including phenoxy) is 1. The average Bonchev–Trinajstić information content (AvgIpc) is 2.50. The number of benzene rings is 2. The van der Waals surface area contributed by atoms with Crippen LogP contribution in [-0.2, 0) is 11.3 Å². The van der Waals surface area contributed by atoms with E-state index in [-0.39, 0.29) is 5.91 Å². The van der Waals surface area contributed by atoms with E-state index in [9.17, 15) is 4.79 Å². The summed E-state index contributed by atoms with van der Waals surface area (Å²) in [6.45, 7) is 6.52. The molecule has 0 aliphatic rings. The van der Waals surface area contributed by atoms with E-state index in [2.05, 4.69) is 11.4 Å². The number of carbonyl (C=O) groups excluding carboxylic acids is 1. The van der Waals surface area contributed by atoms with E-state index in [0.717, 1.165) is 16.9 Å². The number of hydrogen-bond donors (Lipinski definition) is 1. The summed E-state index contributed by atoms with van der Waals surface area (Å²) in [7, 11) is 0. The Morgan fingerprint density at radius 3 is 2.41 bits per heavy atom. The van der Waals surface area contributed by atoms with Crippen LogP contribution < -0.4 is 10.1 Å². The highest BCUT2D eigenvalue weighted by Crippen LogP contribution is 2.15. The number of carbonyl (C=O) groups is 1. The van der Waals surface area contributed by atoms with Gasteiger partial charge in [-0.1, -0.05) is 48.9 Å². The Morgan fingerprint density at radius 1 is 1.09 bits per heavy atom. The maximum absolute atomic E-state index is 12.3. The molecule has 0 aliphatic heterocycles. The second-order valence-electron chi connectivity index (χ2n) is 5.54. The quantitative estimate of drug-likeness (QED) is 0.881. The molecule has 2 aromatic rings. The van der Waals surface area contributed by atoms with Gasteiger partial charge in [0, 0.05) is 6.54 Å². The molecule has 1 atom stereocenters. The predicted molar refractivity (Wildman–Crippen MR) is 88.9 cm³/mol. The van der Waals surface area contributed by atoms with Crippen molar-refractivity contribution in [2.24, 2.45) is 0 Å². The molecular weight excluding hydrogens is 274 g/mol. The van der Waals surface area contributed by atoms with Crippen LogP contribution in [0.15, 0.2) is 48.5 Å². The van der Waals surface area contributed by atoms with Gasteiger partial charge in [0.25, 0.3) is 5.91 Å². The number of hydrogen-bond acceptors (Lipinski definition) is 2. The van der Waals surface area contributed by atoms with Gasteiger partial charge in [-0.25, -0.2) is 0 Å². The highest BCUT2D eigenvalue weighted by atomic mass is 16.5. The molecule has 0 aromatic heterocycles. The normalized spacial score (nSPS) is 11.8. The minimum Gasteiger partial charge on any atom is -0.481 e. The lowest BCUT2D eigenvalue weighted by Gasteiger charge is -2.17. The van der Waals surface area contributed by atoms with Crippen LogP contribution in [0.5, 0.6) is 5.75 Å². The molecule has 0 radical (unpaired) electrons. The predicted octanol–water partition coefficient (Wildman–Crippen LogP) is 3.78. The first kappa shape index (κ1) is 16.1. The molecule has 0 saturated carbocycles. The van der Waals surface area contributed by atoms with E-state index in [1.165, 1.54) is 5.56 Å². The van der Waals surface area contributed by atoms with E-state index in [0.29, 0.717) is 13.0 Å². The third-order valence-corrected chi connectivity index (χ3v) is 3.48. The second kappa shape index (κ2) is 7.64. The summed E-state index contributed by atoms with van der Waals surface area (Å²) in [6.07, 6.45) is 0.166. The highest BCUT2D eigenvalue weighted by molar-refractivity contribution is 5.81. The first-order chi connectivity index (χ1) is 10.6. The van der Waals surface area contributed by atoms with Crippen molar-refractivity contribution in [2.45, 2.75) is 39.8 Å². The summed E-state index contributed by atoms with van der Waals surface area (Å²) in [5.41, 5.74) is 3.40. The van der Waals surface area contributed by atoms with Crippen molar-refractivity contribution in [3.63, 3.8) is 0 Å². The molecule has 2 aromatic carbocycles. The lowest BCUT2D eigenvalue weighted by atomic mass is 10.1. The third-order valence-electron chi connectivity index (χ3n) is 3.48. The standard InChI is InChI=1S/C19H23NO2/c1-4-18(22-17-10-6-8-15(3)12-17)19(21)20-13-16-9-5-7-14(2)11-16/h5-12,18H,4,13H2,1-3H3,(H,20,21)/t18-/m0/s1. The van der Waals surface area contributed by atoms with Crippen LogP contribution in [0.3, 0.4) is 0 Å². The van der Waals surface area contributed by atoms with Gasteiger partial charge in [-0.15, -0.1) is 0 Å². The number of aryl methyl sites for hydroxylation is 2. The summed E-state index contributed by atoms with van der Waals surface area (Å²) in [5, 5.41) is 2.95. The SMILES string of the molecule is CC[C@H](Oc1cccc(C)c1)C(=O)NCc1cccc(C)c1. The summed E-state index contributed by atoms with van der Waals surface area (Å²) in [6, 6.07) is 15.9. The van der Waals surface area contributed by atoms with Crippen molar-refractivity contribution in [3.05, 3.63) is 65.2 Å². The average molecular weight is 297 g/mol. The summed E-state index contributed by atoms with van der Waals surface area (Å²) >= 11 is 0. The fourth-order valence-corrected chi connectivity index (χ4v) is 2.30. The monoisotopic (exact) mass is 297 g/mol.